The van der Waals surface area contributed by atoms with Gasteiger partial charge in [-0.15, -0.1) is 0 Å². The Labute approximate surface area is 140 Å². The van der Waals surface area contributed by atoms with Crippen molar-refractivity contribution in [1.29, 1.82) is 0 Å². The average molecular weight is 337 g/mol. The van der Waals surface area contributed by atoms with E-state index in [4.69, 9.17) is 9.47 Å². The van der Waals surface area contributed by atoms with E-state index in [1.165, 1.54) is 4.90 Å². The lowest BCUT2D eigenvalue weighted by atomic mass is 9.90. The van der Waals surface area contributed by atoms with Crippen molar-refractivity contribution in [2.75, 3.05) is 13.4 Å². The molecule has 1 fully saturated rings. The minimum Gasteiger partial charge on any atom is -0.427 e. The molecule has 1 unspecified atom stereocenters. The molecule has 0 spiro atoms. The van der Waals surface area contributed by atoms with E-state index < -0.39 is 24.1 Å². The van der Waals surface area contributed by atoms with Crippen molar-refractivity contribution in [2.45, 2.75) is 47.1 Å². The molecule has 0 aliphatic carbocycles. The highest BCUT2D eigenvalue weighted by Gasteiger charge is 2.51. The molecule has 2 aliphatic heterocycles. The van der Waals surface area contributed by atoms with Gasteiger partial charge in [-0.1, -0.05) is 0 Å². The van der Waals surface area contributed by atoms with Crippen molar-refractivity contribution in [2.24, 2.45) is 5.41 Å². The molecular weight excluding hydrogens is 314 g/mol. The molecule has 2 heterocycles. The van der Waals surface area contributed by atoms with Crippen molar-refractivity contribution in [3.63, 3.8) is 0 Å². The number of hydrogen-bond donors (Lipinski definition) is 1. The topological polar surface area (TPSA) is 93.1 Å². The minimum atomic E-state index is -0.689. The van der Waals surface area contributed by atoms with Gasteiger partial charge in [0.1, 0.15) is 5.70 Å². The molecule has 0 radical (unpaired) electrons. The monoisotopic (exact) mass is 337 g/mol. The number of fused-ring (bicyclic) bond motifs is 1. The molecule has 1 amide bonds. The number of aliphatic hydroxyl groups is 1. The Hall–Kier alpha value is -2.15. The molecule has 0 aromatic carbocycles. The highest BCUT2D eigenvalue weighted by molar-refractivity contribution is 6.09. The van der Waals surface area contributed by atoms with Gasteiger partial charge in [-0.05, 0) is 52.2 Å². The predicted molar refractivity (Wildman–Crippen MR) is 84.2 cm³/mol. The zero-order chi connectivity index (χ0) is 18.2. The zero-order valence-electron chi connectivity index (χ0n) is 14.6. The fourth-order valence-electron chi connectivity index (χ4n) is 2.77. The highest BCUT2D eigenvalue weighted by Crippen LogP contribution is 2.43. The van der Waals surface area contributed by atoms with Crippen LogP contribution in [0, 0.1) is 5.41 Å². The summed E-state index contributed by atoms with van der Waals surface area (Å²) < 4.78 is 9.89. The molecule has 1 atom stereocenters. The number of nitrogens with zero attached hydrogens (tertiary/aromatic N) is 1. The van der Waals surface area contributed by atoms with Crippen LogP contribution in [0.15, 0.2) is 22.4 Å². The minimum absolute atomic E-state index is 0.188. The number of carbonyl (C=O) groups excluding carboxylic acids is 3. The van der Waals surface area contributed by atoms with E-state index in [-0.39, 0.29) is 24.3 Å². The third-order valence-corrected chi connectivity index (χ3v) is 4.12. The van der Waals surface area contributed by atoms with Gasteiger partial charge >= 0.3 is 11.9 Å². The molecule has 1 N–H and O–H groups in total. The smallest absolute Gasteiger partial charge is 0.357 e. The van der Waals surface area contributed by atoms with Gasteiger partial charge in [0.05, 0.1) is 18.1 Å². The average Bonchev–Trinajstić information content (AvgIpc) is 2.79. The largest absolute Gasteiger partial charge is 0.427 e. The summed E-state index contributed by atoms with van der Waals surface area (Å²) in [6, 6.07) is -0.218. The van der Waals surface area contributed by atoms with Crippen molar-refractivity contribution < 1.29 is 29.0 Å². The second kappa shape index (κ2) is 6.39. The Kier molecular flexibility index (Phi) is 4.85. The molecule has 0 aromatic heterocycles. The van der Waals surface area contributed by atoms with Crippen molar-refractivity contribution >= 4 is 17.8 Å². The third kappa shape index (κ3) is 3.08. The normalized spacial score (nSPS) is 22.2. The number of ether oxygens (including phenoxy) is 2. The van der Waals surface area contributed by atoms with Crippen molar-refractivity contribution in [3.05, 3.63) is 22.4 Å². The number of rotatable bonds is 4. The van der Waals surface area contributed by atoms with Crippen LogP contribution in [0.25, 0.3) is 0 Å². The molecule has 1 saturated heterocycles. The Morgan fingerprint density at radius 3 is 2.46 bits per heavy atom. The first kappa shape index (κ1) is 18.2. The van der Waals surface area contributed by atoms with Gasteiger partial charge in [-0.2, -0.15) is 0 Å². The van der Waals surface area contributed by atoms with Gasteiger partial charge in [-0.3, -0.25) is 14.5 Å². The molecule has 7 nitrogen and oxygen atoms in total. The number of carbonyl (C=O) groups is 3. The summed E-state index contributed by atoms with van der Waals surface area (Å²) in [7, 11) is 0. The summed E-state index contributed by atoms with van der Waals surface area (Å²) in [4.78, 5) is 37.5. The van der Waals surface area contributed by atoms with Crippen LogP contribution in [0.1, 0.15) is 41.0 Å². The SMILES string of the molecule is CC1=C(C(=O)OCOC(=O)C(C)(C)C)N2C(=O)/C(=C(\C)CO)C2C1. The van der Waals surface area contributed by atoms with Gasteiger partial charge in [0.25, 0.3) is 5.91 Å². The summed E-state index contributed by atoms with van der Waals surface area (Å²) in [6.45, 7) is 7.87. The molecule has 7 heteroatoms. The van der Waals surface area contributed by atoms with Gasteiger partial charge in [-0.25, -0.2) is 4.79 Å². The van der Waals surface area contributed by atoms with E-state index in [1.807, 2.05) is 0 Å². The maximum absolute atomic E-state index is 12.2. The van der Waals surface area contributed by atoms with E-state index in [2.05, 4.69) is 0 Å². The molecule has 0 saturated carbocycles. The Morgan fingerprint density at radius 1 is 1.29 bits per heavy atom. The fourth-order valence-corrected chi connectivity index (χ4v) is 2.77. The van der Waals surface area contributed by atoms with Crippen LogP contribution >= 0.6 is 0 Å². The number of hydrogen-bond acceptors (Lipinski definition) is 6. The quantitative estimate of drug-likeness (QED) is 0.359. The predicted octanol–water partition coefficient (Wildman–Crippen LogP) is 1.27. The van der Waals surface area contributed by atoms with Crippen molar-refractivity contribution in [3.8, 4) is 0 Å². The zero-order valence-corrected chi connectivity index (χ0v) is 14.6. The standard InChI is InChI=1S/C17H23NO6/c1-9-6-11-12(10(2)7-19)14(20)18(11)13(9)15(21)23-8-24-16(22)17(3,4)5/h11,19H,6-8H2,1-5H3/b12-10+. The third-order valence-electron chi connectivity index (χ3n) is 4.12. The van der Waals surface area contributed by atoms with Gasteiger partial charge in [0.15, 0.2) is 0 Å². The molecule has 2 aliphatic rings. The first-order valence-corrected chi connectivity index (χ1v) is 7.77. The van der Waals surface area contributed by atoms with Gasteiger partial charge in [0.2, 0.25) is 6.79 Å². The van der Waals surface area contributed by atoms with Crippen LogP contribution in [-0.2, 0) is 23.9 Å². The van der Waals surface area contributed by atoms with Crippen LogP contribution in [0.5, 0.6) is 0 Å². The molecule has 0 bridgehead atoms. The van der Waals surface area contributed by atoms with E-state index in [1.54, 1.807) is 34.6 Å². The van der Waals surface area contributed by atoms with Crippen LogP contribution < -0.4 is 0 Å². The summed E-state index contributed by atoms with van der Waals surface area (Å²) >= 11 is 0. The van der Waals surface area contributed by atoms with Crippen LogP contribution in [0.4, 0.5) is 0 Å². The first-order chi connectivity index (χ1) is 11.1. The van der Waals surface area contributed by atoms with Crippen LogP contribution in [0.3, 0.4) is 0 Å². The fraction of sp³-hybridized carbons (Fsp3) is 0.588. The lowest BCUT2D eigenvalue weighted by molar-refractivity contribution is -0.172. The molecule has 132 valence electrons. The first-order valence-electron chi connectivity index (χ1n) is 7.77. The second-order valence-electron chi connectivity index (χ2n) is 7.11. The molecule has 24 heavy (non-hydrogen) atoms. The Bertz CT molecular complexity index is 652. The van der Waals surface area contributed by atoms with Crippen LogP contribution in [0.2, 0.25) is 0 Å². The lowest BCUT2D eigenvalue weighted by Crippen LogP contribution is -2.53. The summed E-state index contributed by atoms with van der Waals surface area (Å²) in [5.41, 5.74) is 1.42. The highest BCUT2D eigenvalue weighted by atomic mass is 16.7. The second-order valence-corrected chi connectivity index (χ2v) is 7.11. The summed E-state index contributed by atoms with van der Waals surface area (Å²) in [5.74, 6) is -1.46. The maximum atomic E-state index is 12.2. The Morgan fingerprint density at radius 2 is 1.92 bits per heavy atom. The molecular formula is C17H23NO6. The number of esters is 2. The van der Waals surface area contributed by atoms with E-state index >= 15 is 0 Å². The summed E-state index contributed by atoms with van der Waals surface area (Å²) in [6.07, 6.45) is 0.532. The Balaban J connectivity index is 2.01. The maximum Gasteiger partial charge on any atom is 0.357 e. The number of β-lactam (4-membered cyclic amide) rings is 1. The van der Waals surface area contributed by atoms with Gasteiger partial charge < -0.3 is 14.6 Å². The summed E-state index contributed by atoms with van der Waals surface area (Å²) in [5, 5.41) is 9.20. The molecule has 2 rings (SSSR count). The lowest BCUT2D eigenvalue weighted by Gasteiger charge is -2.39. The van der Waals surface area contributed by atoms with E-state index in [0.29, 0.717) is 17.6 Å². The number of aliphatic hydroxyl groups excluding tert-OH is 1. The van der Waals surface area contributed by atoms with E-state index in [9.17, 15) is 19.5 Å². The van der Waals surface area contributed by atoms with E-state index in [0.717, 1.165) is 5.57 Å². The number of amides is 1. The van der Waals surface area contributed by atoms with Crippen LogP contribution in [-0.4, -0.2) is 47.3 Å². The molecule has 0 aromatic rings. The van der Waals surface area contributed by atoms with Crippen molar-refractivity contribution in [1.82, 2.24) is 4.90 Å². The van der Waals surface area contributed by atoms with Gasteiger partial charge in [0, 0.05) is 5.57 Å².